The largest absolute Gasteiger partial charge is 0.390 e. The summed E-state index contributed by atoms with van der Waals surface area (Å²) >= 11 is 1.63. The first-order chi connectivity index (χ1) is 8.06. The fourth-order valence-electron chi connectivity index (χ4n) is 1.28. The molecule has 0 heterocycles. The number of aliphatic hydroxyl groups excluding tert-OH is 1. The van der Waals surface area contributed by atoms with Crippen molar-refractivity contribution < 1.29 is 14.6 Å². The van der Waals surface area contributed by atoms with Crippen LogP contribution in [0.15, 0.2) is 0 Å². The minimum Gasteiger partial charge on any atom is -0.390 e. The molecule has 0 aliphatic carbocycles. The zero-order valence-corrected chi connectivity index (χ0v) is 11.9. The van der Waals surface area contributed by atoms with Crippen molar-refractivity contribution in [2.45, 2.75) is 45.8 Å². The number of hydrogen-bond donors (Lipinski definition) is 2. The fraction of sp³-hybridized carbons (Fsp3) is 0.917. The molecule has 2 N–H and O–H groups in total. The highest BCUT2D eigenvalue weighted by atomic mass is 32.2. The molecule has 0 fully saturated rings. The molecular formula is C12H25NO3S. The third-order valence-electron chi connectivity index (χ3n) is 2.08. The van der Waals surface area contributed by atoms with Crippen LogP contribution >= 0.6 is 11.8 Å². The van der Waals surface area contributed by atoms with Crippen LogP contribution < -0.4 is 5.32 Å². The highest BCUT2D eigenvalue weighted by Gasteiger charge is 2.07. The van der Waals surface area contributed by atoms with Gasteiger partial charge < -0.3 is 15.2 Å². The Kier molecular flexibility index (Phi) is 10.7. The van der Waals surface area contributed by atoms with Gasteiger partial charge in [-0.1, -0.05) is 13.3 Å². The fourth-order valence-corrected chi connectivity index (χ4v) is 2.22. The predicted molar refractivity (Wildman–Crippen MR) is 72.3 cm³/mol. The molecule has 0 radical (unpaired) electrons. The van der Waals surface area contributed by atoms with Crippen molar-refractivity contribution in [3.8, 4) is 0 Å². The van der Waals surface area contributed by atoms with Gasteiger partial charge in [0.15, 0.2) is 0 Å². The molecule has 17 heavy (non-hydrogen) atoms. The van der Waals surface area contributed by atoms with Crippen LogP contribution in [0.3, 0.4) is 0 Å². The summed E-state index contributed by atoms with van der Waals surface area (Å²) in [6.07, 6.45) is 1.74. The zero-order valence-electron chi connectivity index (χ0n) is 11.1. The highest BCUT2D eigenvalue weighted by Crippen LogP contribution is 2.06. The number of amides is 1. The Hall–Kier alpha value is -0.260. The number of unbranched alkanes of at least 4 members (excludes halogenated alkanes) is 1. The number of thioether (sulfide) groups is 1. The van der Waals surface area contributed by atoms with Crippen molar-refractivity contribution in [3.05, 3.63) is 0 Å². The van der Waals surface area contributed by atoms with Crippen LogP contribution in [-0.4, -0.2) is 47.9 Å². The summed E-state index contributed by atoms with van der Waals surface area (Å²) in [6.45, 7) is 6.71. The lowest BCUT2D eigenvalue weighted by Gasteiger charge is -2.14. The van der Waals surface area contributed by atoms with Gasteiger partial charge >= 0.3 is 0 Å². The molecule has 0 saturated carbocycles. The van der Waals surface area contributed by atoms with E-state index in [4.69, 9.17) is 4.74 Å². The van der Waals surface area contributed by atoms with E-state index in [1.54, 1.807) is 11.8 Å². The number of aliphatic hydroxyl groups is 1. The predicted octanol–water partition coefficient (Wildman–Crippen LogP) is 1.42. The van der Waals surface area contributed by atoms with Gasteiger partial charge in [-0.3, -0.25) is 4.79 Å². The van der Waals surface area contributed by atoms with E-state index in [2.05, 4.69) is 12.2 Å². The maximum atomic E-state index is 10.8. The topological polar surface area (TPSA) is 58.6 Å². The molecule has 0 aromatic rings. The molecule has 0 aromatic carbocycles. The lowest BCUT2D eigenvalue weighted by molar-refractivity contribution is -0.119. The molecule has 0 aliphatic rings. The minimum atomic E-state index is -0.415. The number of hydrogen-bond acceptors (Lipinski definition) is 4. The number of nitrogens with one attached hydrogen (secondary N) is 1. The summed E-state index contributed by atoms with van der Waals surface area (Å²) in [5, 5.41) is 12.4. The highest BCUT2D eigenvalue weighted by molar-refractivity contribution is 7.99. The lowest BCUT2D eigenvalue weighted by atomic mass is 10.3. The molecule has 2 atom stereocenters. The first-order valence-corrected chi connectivity index (χ1v) is 7.32. The summed E-state index contributed by atoms with van der Waals surface area (Å²) in [4.78, 5) is 10.8. The van der Waals surface area contributed by atoms with Gasteiger partial charge in [0.1, 0.15) is 0 Å². The first kappa shape index (κ1) is 16.7. The zero-order chi connectivity index (χ0) is 13.1. The lowest BCUT2D eigenvalue weighted by Crippen LogP contribution is -2.32. The van der Waals surface area contributed by atoms with Gasteiger partial charge in [0.25, 0.3) is 0 Å². The second-order valence-electron chi connectivity index (χ2n) is 4.22. The van der Waals surface area contributed by atoms with Gasteiger partial charge in [0, 0.05) is 31.1 Å². The van der Waals surface area contributed by atoms with Gasteiger partial charge in [-0.15, -0.1) is 0 Å². The Labute approximate surface area is 108 Å². The van der Waals surface area contributed by atoms with Crippen LogP contribution in [0.25, 0.3) is 0 Å². The van der Waals surface area contributed by atoms with Crippen molar-refractivity contribution in [2.24, 2.45) is 0 Å². The number of carbonyl (C=O) groups excluding carboxylic acids is 1. The summed E-state index contributed by atoms with van der Waals surface area (Å²) in [5.41, 5.74) is 0. The molecule has 5 heteroatoms. The van der Waals surface area contributed by atoms with E-state index >= 15 is 0 Å². The third-order valence-corrected chi connectivity index (χ3v) is 3.44. The minimum absolute atomic E-state index is 0.0125. The van der Waals surface area contributed by atoms with Crippen LogP contribution in [0, 0.1) is 0 Å². The second kappa shape index (κ2) is 10.9. The molecule has 4 nitrogen and oxygen atoms in total. The van der Waals surface area contributed by atoms with Crippen molar-refractivity contribution in [1.82, 2.24) is 5.32 Å². The molecule has 0 aromatic heterocycles. The van der Waals surface area contributed by atoms with Crippen molar-refractivity contribution in [3.63, 3.8) is 0 Å². The van der Waals surface area contributed by atoms with Gasteiger partial charge in [0.2, 0.25) is 5.91 Å². The number of carbonyl (C=O) groups is 1. The van der Waals surface area contributed by atoms with E-state index in [0.29, 0.717) is 12.4 Å². The maximum Gasteiger partial charge on any atom is 0.217 e. The Morgan fingerprint density at radius 1 is 1.47 bits per heavy atom. The van der Waals surface area contributed by atoms with Gasteiger partial charge in [-0.05, 0) is 13.3 Å². The molecule has 0 saturated heterocycles. The van der Waals surface area contributed by atoms with Crippen LogP contribution in [0.5, 0.6) is 0 Å². The van der Waals surface area contributed by atoms with Gasteiger partial charge in [-0.25, -0.2) is 0 Å². The SMILES string of the molecule is CCCCOCC(O)CSC[C@@H](C)NC(C)=O. The Bertz CT molecular complexity index is 202. The average Bonchev–Trinajstić information content (AvgIpc) is 2.23. The monoisotopic (exact) mass is 263 g/mol. The summed E-state index contributed by atoms with van der Waals surface area (Å²) in [7, 11) is 0. The number of rotatable bonds is 10. The molecule has 1 unspecified atom stereocenters. The van der Waals surface area contributed by atoms with Crippen LogP contribution in [-0.2, 0) is 9.53 Å². The van der Waals surface area contributed by atoms with E-state index in [1.165, 1.54) is 6.92 Å². The Balaban J connectivity index is 3.37. The van der Waals surface area contributed by atoms with Crippen LogP contribution in [0.1, 0.15) is 33.6 Å². The summed E-state index contributed by atoms with van der Waals surface area (Å²) < 4.78 is 5.32. The van der Waals surface area contributed by atoms with E-state index in [1.807, 2.05) is 6.92 Å². The van der Waals surface area contributed by atoms with Crippen LogP contribution in [0.4, 0.5) is 0 Å². The van der Waals surface area contributed by atoms with E-state index < -0.39 is 6.10 Å². The third kappa shape index (κ3) is 12.0. The molecule has 0 rings (SSSR count). The molecule has 0 aliphatic heterocycles. The standard InChI is InChI=1S/C12H25NO3S/c1-4-5-6-16-7-12(15)9-17-8-10(2)13-11(3)14/h10,12,15H,4-9H2,1-3H3,(H,13,14)/t10-,12?/m1/s1. The molecule has 0 bridgehead atoms. The van der Waals surface area contributed by atoms with E-state index in [-0.39, 0.29) is 11.9 Å². The van der Waals surface area contributed by atoms with E-state index in [0.717, 1.165) is 25.2 Å². The molecule has 0 spiro atoms. The smallest absolute Gasteiger partial charge is 0.217 e. The van der Waals surface area contributed by atoms with Crippen LogP contribution in [0.2, 0.25) is 0 Å². The first-order valence-electron chi connectivity index (χ1n) is 6.16. The molecule has 102 valence electrons. The Morgan fingerprint density at radius 3 is 2.76 bits per heavy atom. The summed E-state index contributed by atoms with van der Waals surface area (Å²) in [6, 6.07) is 0.144. The van der Waals surface area contributed by atoms with Crippen molar-refractivity contribution in [2.75, 3.05) is 24.7 Å². The van der Waals surface area contributed by atoms with Crippen molar-refractivity contribution >= 4 is 17.7 Å². The average molecular weight is 263 g/mol. The maximum absolute atomic E-state index is 10.8. The molecule has 1 amide bonds. The molecular weight excluding hydrogens is 238 g/mol. The Morgan fingerprint density at radius 2 is 2.18 bits per heavy atom. The second-order valence-corrected chi connectivity index (χ2v) is 5.30. The van der Waals surface area contributed by atoms with E-state index in [9.17, 15) is 9.90 Å². The quantitative estimate of drug-likeness (QED) is 0.585. The van der Waals surface area contributed by atoms with Crippen molar-refractivity contribution in [1.29, 1.82) is 0 Å². The summed E-state index contributed by atoms with van der Waals surface area (Å²) in [5.74, 6) is 1.45. The normalized spacial score (nSPS) is 14.4. The van der Waals surface area contributed by atoms with Gasteiger partial charge in [0.05, 0.1) is 12.7 Å². The number of ether oxygens (including phenoxy) is 1. The van der Waals surface area contributed by atoms with Gasteiger partial charge in [-0.2, -0.15) is 11.8 Å².